The molecule has 12 rings (SSSR count). The minimum atomic E-state index is -0.135. The molecular formula is C55H37N3S2. The van der Waals surface area contributed by atoms with E-state index in [1.165, 1.54) is 74.8 Å². The summed E-state index contributed by atoms with van der Waals surface area (Å²) in [7, 11) is 0. The summed E-state index contributed by atoms with van der Waals surface area (Å²) >= 11 is 3.83. The van der Waals surface area contributed by atoms with Crippen LogP contribution in [0.15, 0.2) is 208 Å². The molecule has 0 radical (unpaired) electrons. The standard InChI is InChI=1S/C55H37N3S2/c1-55(2)44-32-37(24-26-40(44)42-27-29-51-53(52(42)55)60-50-23-12-11-22-49(50)59-51)36-25-28-48-43(31-36)41-20-9-10-21-47(41)58(48)39-19-13-18-38(30-39)46-33-45(34-14-5-3-6-15-34)56-54(57-46)35-16-7-4-8-17-35/h3-33H,1-2H3. The minimum absolute atomic E-state index is 0.135. The summed E-state index contributed by atoms with van der Waals surface area (Å²) in [6.45, 7) is 4.82. The van der Waals surface area contributed by atoms with Crippen molar-refractivity contribution < 1.29 is 0 Å². The molecule has 3 heterocycles. The largest absolute Gasteiger partial charge is 0.309 e. The van der Waals surface area contributed by atoms with Gasteiger partial charge in [0.2, 0.25) is 0 Å². The van der Waals surface area contributed by atoms with Gasteiger partial charge in [0, 0.05) is 58.1 Å². The van der Waals surface area contributed by atoms with Crippen LogP contribution >= 0.6 is 23.5 Å². The Labute approximate surface area is 357 Å². The topological polar surface area (TPSA) is 30.7 Å². The first-order valence-corrected chi connectivity index (χ1v) is 22.0. The third-order valence-electron chi connectivity index (χ3n) is 12.2. The number of hydrogen-bond acceptors (Lipinski definition) is 4. The molecule has 0 spiro atoms. The molecule has 2 aromatic heterocycles. The second-order valence-corrected chi connectivity index (χ2v) is 18.3. The zero-order valence-corrected chi connectivity index (χ0v) is 34.7. The Morgan fingerprint density at radius 1 is 0.433 bits per heavy atom. The molecule has 0 atom stereocenters. The molecular weight excluding hydrogens is 767 g/mol. The van der Waals surface area contributed by atoms with Crippen LogP contribution in [-0.4, -0.2) is 14.5 Å². The van der Waals surface area contributed by atoms with Gasteiger partial charge in [0.15, 0.2) is 5.82 Å². The van der Waals surface area contributed by atoms with Gasteiger partial charge in [-0.2, -0.15) is 0 Å². The van der Waals surface area contributed by atoms with Gasteiger partial charge in [-0.1, -0.05) is 165 Å². The predicted molar refractivity (Wildman–Crippen MR) is 250 cm³/mol. The van der Waals surface area contributed by atoms with E-state index in [1.54, 1.807) is 0 Å². The van der Waals surface area contributed by atoms with Crippen molar-refractivity contribution in [3.63, 3.8) is 0 Å². The highest BCUT2D eigenvalue weighted by Crippen LogP contribution is 2.59. The lowest BCUT2D eigenvalue weighted by Gasteiger charge is -2.28. The Morgan fingerprint density at radius 3 is 1.88 bits per heavy atom. The molecule has 0 N–H and O–H groups in total. The Kier molecular flexibility index (Phi) is 8.06. The molecule has 0 amide bonds. The average molecular weight is 804 g/mol. The Balaban J connectivity index is 0.949. The van der Waals surface area contributed by atoms with Crippen LogP contribution in [0.2, 0.25) is 0 Å². The van der Waals surface area contributed by atoms with Crippen molar-refractivity contribution >= 4 is 45.3 Å². The number of nitrogens with zero attached hydrogens (tertiary/aromatic N) is 3. The summed E-state index contributed by atoms with van der Waals surface area (Å²) in [6.07, 6.45) is 0. The van der Waals surface area contributed by atoms with Crippen LogP contribution in [0.1, 0.15) is 25.0 Å². The van der Waals surface area contributed by atoms with Crippen molar-refractivity contribution in [1.82, 2.24) is 14.5 Å². The normalized spacial score (nSPS) is 13.5. The summed E-state index contributed by atoms with van der Waals surface area (Å²) in [5.74, 6) is 0.712. The third-order valence-corrected chi connectivity index (χ3v) is 14.8. The summed E-state index contributed by atoms with van der Waals surface area (Å²) in [6, 6.07) is 67.9. The molecule has 0 bridgehead atoms. The number of rotatable bonds is 5. The summed E-state index contributed by atoms with van der Waals surface area (Å²) in [5, 5.41) is 2.47. The smallest absolute Gasteiger partial charge is 0.160 e. The van der Waals surface area contributed by atoms with Crippen LogP contribution in [0.5, 0.6) is 0 Å². The van der Waals surface area contributed by atoms with Gasteiger partial charge in [-0.25, -0.2) is 9.97 Å². The SMILES string of the molecule is CC1(C)c2cc(-c3ccc4c(c3)c3ccccc3n4-c3cccc(-c4cc(-c5ccccc5)nc(-c5ccccc5)n4)c3)ccc2-c2ccc3c(c21)Sc1ccccc1S3. The maximum Gasteiger partial charge on any atom is 0.160 e. The van der Waals surface area contributed by atoms with E-state index in [0.29, 0.717) is 5.82 Å². The molecule has 1 aliphatic heterocycles. The van der Waals surface area contributed by atoms with Crippen molar-refractivity contribution in [3.05, 3.63) is 199 Å². The van der Waals surface area contributed by atoms with Crippen molar-refractivity contribution in [2.45, 2.75) is 38.8 Å². The monoisotopic (exact) mass is 803 g/mol. The third kappa shape index (κ3) is 5.61. The van der Waals surface area contributed by atoms with E-state index in [9.17, 15) is 0 Å². The van der Waals surface area contributed by atoms with Crippen LogP contribution in [0.3, 0.4) is 0 Å². The first kappa shape index (κ1) is 35.3. The number of hydrogen-bond donors (Lipinski definition) is 0. The fourth-order valence-electron chi connectivity index (χ4n) is 9.35. The molecule has 8 aromatic carbocycles. The van der Waals surface area contributed by atoms with Gasteiger partial charge < -0.3 is 4.57 Å². The predicted octanol–water partition coefficient (Wildman–Crippen LogP) is 15.2. The van der Waals surface area contributed by atoms with Gasteiger partial charge in [-0.15, -0.1) is 0 Å². The zero-order chi connectivity index (χ0) is 40.0. The quantitative estimate of drug-likeness (QED) is 0.173. The number of para-hydroxylation sites is 1. The highest BCUT2D eigenvalue weighted by molar-refractivity contribution is 8.05. The lowest BCUT2D eigenvalue weighted by Crippen LogP contribution is -2.17. The average Bonchev–Trinajstić information content (AvgIpc) is 3.76. The van der Waals surface area contributed by atoms with E-state index in [1.807, 2.05) is 47.8 Å². The molecule has 0 fully saturated rings. The molecule has 0 unspecified atom stereocenters. The minimum Gasteiger partial charge on any atom is -0.309 e. The number of benzene rings is 8. The van der Waals surface area contributed by atoms with Crippen LogP contribution in [0, 0.1) is 0 Å². The van der Waals surface area contributed by atoms with Gasteiger partial charge >= 0.3 is 0 Å². The molecule has 3 nitrogen and oxygen atoms in total. The summed E-state index contributed by atoms with van der Waals surface area (Å²) < 4.78 is 2.40. The van der Waals surface area contributed by atoms with Crippen molar-refractivity contribution in [2.75, 3.05) is 0 Å². The van der Waals surface area contributed by atoms with Crippen LogP contribution in [0.25, 0.3) is 83.6 Å². The van der Waals surface area contributed by atoms with E-state index < -0.39 is 0 Å². The van der Waals surface area contributed by atoms with Crippen molar-refractivity contribution in [3.8, 4) is 61.8 Å². The van der Waals surface area contributed by atoms with Gasteiger partial charge in [-0.3, -0.25) is 0 Å². The van der Waals surface area contributed by atoms with E-state index in [-0.39, 0.29) is 5.41 Å². The molecule has 5 heteroatoms. The highest BCUT2D eigenvalue weighted by Gasteiger charge is 2.40. The highest BCUT2D eigenvalue weighted by atomic mass is 32.2. The molecule has 284 valence electrons. The molecule has 60 heavy (non-hydrogen) atoms. The fourth-order valence-corrected chi connectivity index (χ4v) is 11.9. The van der Waals surface area contributed by atoms with Crippen LogP contribution in [-0.2, 0) is 5.41 Å². The molecule has 0 saturated carbocycles. The number of aromatic nitrogens is 3. The Hall–Kier alpha value is -6.66. The second-order valence-electron chi connectivity index (χ2n) is 16.2. The van der Waals surface area contributed by atoms with Gasteiger partial charge in [0.25, 0.3) is 0 Å². The maximum absolute atomic E-state index is 5.15. The van der Waals surface area contributed by atoms with Gasteiger partial charge in [-0.05, 0) is 94.0 Å². The summed E-state index contributed by atoms with van der Waals surface area (Å²) in [5.41, 5.74) is 16.2. The number of fused-ring (bicyclic) bond motifs is 9. The van der Waals surface area contributed by atoms with E-state index in [4.69, 9.17) is 9.97 Å². The molecule has 1 aliphatic carbocycles. The molecule has 0 saturated heterocycles. The van der Waals surface area contributed by atoms with Crippen LogP contribution in [0.4, 0.5) is 0 Å². The van der Waals surface area contributed by atoms with Crippen molar-refractivity contribution in [2.24, 2.45) is 0 Å². The first-order valence-electron chi connectivity index (χ1n) is 20.4. The van der Waals surface area contributed by atoms with E-state index in [0.717, 1.165) is 33.8 Å². The van der Waals surface area contributed by atoms with Crippen LogP contribution < -0.4 is 0 Å². The maximum atomic E-state index is 5.15. The second kappa shape index (κ2) is 13.7. The molecule has 2 aliphatic rings. The Bertz CT molecular complexity index is 3290. The van der Waals surface area contributed by atoms with Gasteiger partial charge in [0.1, 0.15) is 0 Å². The first-order chi connectivity index (χ1) is 29.5. The Morgan fingerprint density at radius 2 is 1.07 bits per heavy atom. The van der Waals surface area contributed by atoms with E-state index in [2.05, 4.69) is 182 Å². The summed E-state index contributed by atoms with van der Waals surface area (Å²) in [4.78, 5) is 15.6. The molecule has 10 aromatic rings. The lowest BCUT2D eigenvalue weighted by molar-refractivity contribution is 0.642. The van der Waals surface area contributed by atoms with E-state index >= 15 is 0 Å². The van der Waals surface area contributed by atoms with Gasteiger partial charge in [0.05, 0.1) is 22.4 Å². The zero-order valence-electron chi connectivity index (χ0n) is 33.1. The van der Waals surface area contributed by atoms with Crippen molar-refractivity contribution in [1.29, 1.82) is 0 Å². The lowest BCUT2D eigenvalue weighted by atomic mass is 9.81. The fraction of sp³-hybridized carbons (Fsp3) is 0.0545.